The molecule has 2 amide bonds. The first kappa shape index (κ1) is 25.7. The van der Waals surface area contributed by atoms with E-state index in [0.717, 1.165) is 37.6 Å². The first-order chi connectivity index (χ1) is 17.4. The molecule has 0 radical (unpaired) electrons. The topological polar surface area (TPSA) is 90.9 Å². The number of amides is 2. The third-order valence-electron chi connectivity index (χ3n) is 6.50. The number of anilines is 1. The van der Waals surface area contributed by atoms with Gasteiger partial charge in [0.2, 0.25) is 0 Å². The maximum Gasteiger partial charge on any atom is 0.270 e. The van der Waals surface area contributed by atoms with E-state index in [1.165, 1.54) is 12.1 Å². The molecule has 188 valence electrons. The highest BCUT2D eigenvalue weighted by Gasteiger charge is 2.27. The van der Waals surface area contributed by atoms with Crippen molar-refractivity contribution >= 4 is 41.1 Å². The second-order valence-corrected chi connectivity index (χ2v) is 9.26. The molecule has 0 aliphatic carbocycles. The maximum atomic E-state index is 13.2. The molecule has 36 heavy (non-hydrogen) atoms. The summed E-state index contributed by atoms with van der Waals surface area (Å²) in [6.07, 6.45) is 4.09. The van der Waals surface area contributed by atoms with E-state index in [1.54, 1.807) is 30.5 Å². The van der Waals surface area contributed by atoms with Crippen LogP contribution in [0.4, 0.5) is 10.1 Å². The summed E-state index contributed by atoms with van der Waals surface area (Å²) in [6, 6.07) is 10.8. The number of ketones is 1. The number of carbonyl (C=O) groups is 3. The van der Waals surface area contributed by atoms with Crippen molar-refractivity contribution in [3.8, 4) is 0 Å². The van der Waals surface area contributed by atoms with E-state index in [0.29, 0.717) is 23.8 Å². The molecule has 0 aromatic heterocycles. The minimum Gasteiger partial charge on any atom is -0.349 e. The van der Waals surface area contributed by atoms with E-state index in [1.807, 2.05) is 0 Å². The number of nitrogens with zero attached hydrogens (tertiary/aromatic N) is 2. The zero-order valence-electron chi connectivity index (χ0n) is 20.0. The van der Waals surface area contributed by atoms with Crippen molar-refractivity contribution < 1.29 is 18.8 Å². The fourth-order valence-corrected chi connectivity index (χ4v) is 4.82. The van der Waals surface area contributed by atoms with E-state index in [4.69, 9.17) is 11.6 Å². The van der Waals surface area contributed by atoms with Gasteiger partial charge in [-0.1, -0.05) is 30.7 Å². The normalized spacial score (nSPS) is 17.5. The van der Waals surface area contributed by atoms with Crippen molar-refractivity contribution in [1.82, 2.24) is 10.2 Å². The number of rotatable bonds is 9. The summed E-state index contributed by atoms with van der Waals surface area (Å²) < 4.78 is 13.2. The average Bonchev–Trinajstić information content (AvgIpc) is 3.53. The zero-order chi connectivity index (χ0) is 25.7. The number of halogens is 2. The molecule has 1 fully saturated rings. The Kier molecular flexibility index (Phi) is 8.28. The van der Waals surface area contributed by atoms with Crippen LogP contribution in [0.2, 0.25) is 5.02 Å². The van der Waals surface area contributed by atoms with Gasteiger partial charge in [-0.05, 0) is 61.8 Å². The third-order valence-corrected chi connectivity index (χ3v) is 6.82. The Balaban J connectivity index is 1.35. The van der Waals surface area contributed by atoms with Gasteiger partial charge in [0.25, 0.3) is 11.8 Å². The number of hydrogen-bond donors (Lipinski definition) is 2. The Hall–Kier alpha value is -3.36. The fourth-order valence-electron chi connectivity index (χ4n) is 4.54. The molecule has 7 nitrogen and oxygen atoms in total. The molecule has 1 saturated heterocycles. The van der Waals surface area contributed by atoms with Gasteiger partial charge in [0, 0.05) is 42.9 Å². The van der Waals surface area contributed by atoms with E-state index < -0.39 is 11.7 Å². The van der Waals surface area contributed by atoms with Crippen LogP contribution in [0, 0.1) is 5.82 Å². The summed E-state index contributed by atoms with van der Waals surface area (Å²) >= 11 is 5.98. The Morgan fingerprint density at radius 2 is 1.92 bits per heavy atom. The molecule has 1 atom stereocenters. The van der Waals surface area contributed by atoms with E-state index >= 15 is 0 Å². The Labute approximate surface area is 214 Å². The average molecular weight is 511 g/mol. The number of likely N-dealkylation sites (N-methyl/N-ethyl adjacent to an activating group) is 1. The predicted octanol–water partition coefficient (Wildman–Crippen LogP) is 4.17. The van der Waals surface area contributed by atoms with Gasteiger partial charge in [-0.3, -0.25) is 24.3 Å². The first-order valence-electron chi connectivity index (χ1n) is 12.0. The molecule has 9 heteroatoms. The van der Waals surface area contributed by atoms with Crippen LogP contribution in [0.1, 0.15) is 42.1 Å². The number of hydrogen-bond acceptors (Lipinski definition) is 5. The zero-order valence-corrected chi connectivity index (χ0v) is 20.8. The SMILES string of the molecule is CCN1CCCC1CNC(=O)C1=C(C(=O)Nc2ccc(CC(=O)c3ccc(F)cc3Cl)cc2)CC=N1. The number of carbonyl (C=O) groups excluding carboxylic acids is 3. The van der Waals surface area contributed by atoms with Gasteiger partial charge < -0.3 is 10.6 Å². The van der Waals surface area contributed by atoms with Gasteiger partial charge in [-0.25, -0.2) is 4.39 Å². The molecular weight excluding hydrogens is 483 g/mol. The molecule has 2 N–H and O–H groups in total. The number of aliphatic imine (C=N–C) groups is 1. The molecule has 0 saturated carbocycles. The molecule has 2 heterocycles. The second-order valence-electron chi connectivity index (χ2n) is 8.85. The van der Waals surface area contributed by atoms with E-state index in [2.05, 4.69) is 27.4 Å². The monoisotopic (exact) mass is 510 g/mol. The van der Waals surface area contributed by atoms with Crippen LogP contribution in [0.3, 0.4) is 0 Å². The van der Waals surface area contributed by atoms with Crippen LogP contribution in [0.5, 0.6) is 0 Å². The largest absolute Gasteiger partial charge is 0.349 e. The molecular formula is C27H28ClFN4O3. The Morgan fingerprint density at radius 3 is 2.64 bits per heavy atom. The van der Waals surface area contributed by atoms with Crippen LogP contribution >= 0.6 is 11.6 Å². The number of likely N-dealkylation sites (tertiary alicyclic amines) is 1. The molecule has 2 aliphatic rings. The predicted molar refractivity (Wildman–Crippen MR) is 138 cm³/mol. The van der Waals surface area contributed by atoms with Crippen LogP contribution in [0.25, 0.3) is 0 Å². The Morgan fingerprint density at radius 1 is 1.14 bits per heavy atom. The highest BCUT2D eigenvalue weighted by molar-refractivity contribution is 6.34. The summed E-state index contributed by atoms with van der Waals surface area (Å²) in [7, 11) is 0. The van der Waals surface area contributed by atoms with Crippen molar-refractivity contribution in [3.05, 3.63) is 75.7 Å². The van der Waals surface area contributed by atoms with Crippen molar-refractivity contribution in [3.63, 3.8) is 0 Å². The second kappa shape index (κ2) is 11.6. The highest BCUT2D eigenvalue weighted by Crippen LogP contribution is 2.22. The lowest BCUT2D eigenvalue weighted by Gasteiger charge is -2.22. The summed E-state index contributed by atoms with van der Waals surface area (Å²) in [6.45, 7) is 4.63. The van der Waals surface area contributed by atoms with Gasteiger partial charge in [0.1, 0.15) is 11.5 Å². The summed E-state index contributed by atoms with van der Waals surface area (Å²) in [5.41, 5.74) is 1.96. The summed E-state index contributed by atoms with van der Waals surface area (Å²) in [4.78, 5) is 44.6. The van der Waals surface area contributed by atoms with Crippen molar-refractivity contribution in [2.24, 2.45) is 4.99 Å². The molecule has 1 unspecified atom stereocenters. The van der Waals surface area contributed by atoms with Gasteiger partial charge >= 0.3 is 0 Å². The van der Waals surface area contributed by atoms with Crippen LogP contribution < -0.4 is 10.6 Å². The molecule has 2 aliphatic heterocycles. The number of benzene rings is 2. The molecule has 4 rings (SSSR count). The van der Waals surface area contributed by atoms with Gasteiger partial charge in [-0.2, -0.15) is 0 Å². The lowest BCUT2D eigenvalue weighted by atomic mass is 10.0. The quantitative estimate of drug-likeness (QED) is 0.495. The summed E-state index contributed by atoms with van der Waals surface area (Å²) in [5.74, 6) is -1.47. The maximum absolute atomic E-state index is 13.2. The van der Waals surface area contributed by atoms with Crippen molar-refractivity contribution in [1.29, 1.82) is 0 Å². The van der Waals surface area contributed by atoms with Crippen LogP contribution in [-0.2, 0) is 16.0 Å². The van der Waals surface area contributed by atoms with Crippen molar-refractivity contribution in [2.75, 3.05) is 25.0 Å². The van der Waals surface area contributed by atoms with Crippen LogP contribution in [0.15, 0.2) is 58.7 Å². The highest BCUT2D eigenvalue weighted by atomic mass is 35.5. The third kappa shape index (κ3) is 6.06. The van der Waals surface area contributed by atoms with Crippen molar-refractivity contribution in [2.45, 2.75) is 38.6 Å². The summed E-state index contributed by atoms with van der Waals surface area (Å²) in [5, 5.41) is 5.80. The van der Waals surface area contributed by atoms with Gasteiger partial charge in [0.05, 0.1) is 10.6 Å². The molecule has 2 aromatic carbocycles. The smallest absolute Gasteiger partial charge is 0.270 e. The number of Topliss-reactive ketones (excluding diaryl/α,β-unsaturated/α-hetero) is 1. The molecule has 0 spiro atoms. The molecule has 0 bridgehead atoms. The molecule has 2 aromatic rings. The van der Waals surface area contributed by atoms with E-state index in [-0.39, 0.29) is 40.8 Å². The Bertz CT molecular complexity index is 1230. The van der Waals surface area contributed by atoms with Gasteiger partial charge in [-0.15, -0.1) is 0 Å². The minimum atomic E-state index is -0.503. The fraction of sp³-hybridized carbons (Fsp3) is 0.333. The lowest BCUT2D eigenvalue weighted by molar-refractivity contribution is -0.118. The lowest BCUT2D eigenvalue weighted by Crippen LogP contribution is -2.40. The van der Waals surface area contributed by atoms with Gasteiger partial charge in [0.15, 0.2) is 5.78 Å². The first-order valence-corrected chi connectivity index (χ1v) is 12.4. The van der Waals surface area contributed by atoms with Crippen LogP contribution in [-0.4, -0.2) is 54.4 Å². The van der Waals surface area contributed by atoms with E-state index in [9.17, 15) is 18.8 Å². The number of nitrogens with one attached hydrogen (secondary N) is 2. The standard InChI is InChI=1S/C27H28ClFN4O3/c1-2-33-13-3-4-20(33)16-31-27(36)25-22(11-12-30-25)26(35)32-19-8-5-17(6-9-19)14-24(34)21-10-7-18(29)15-23(21)28/h5-10,12,15,20H,2-4,11,13-14,16H2,1H3,(H,31,36)(H,32,35). The minimum absolute atomic E-state index is 0.0710.